The van der Waals surface area contributed by atoms with Gasteiger partial charge in [0, 0.05) is 24.2 Å². The molecule has 0 aliphatic rings. The number of nitrogens with one attached hydrogen (secondary N) is 1. The molecule has 0 atom stereocenters. The lowest BCUT2D eigenvalue weighted by Gasteiger charge is -2.20. The molecule has 1 aromatic heterocycles. The quantitative estimate of drug-likeness (QED) is 0.868. The summed E-state index contributed by atoms with van der Waals surface area (Å²) in [6.07, 6.45) is 1.48. The van der Waals surface area contributed by atoms with Crippen molar-refractivity contribution in [3.8, 4) is 0 Å². The number of aryl methyl sites for hydroxylation is 1. The molecular weight excluding hydrogens is 259 g/mol. The van der Waals surface area contributed by atoms with Gasteiger partial charge in [0.05, 0.1) is 5.52 Å². The lowest BCUT2D eigenvalue weighted by Crippen LogP contribution is -2.42. The van der Waals surface area contributed by atoms with E-state index >= 15 is 0 Å². The standard InChI is InChI=1S/C15H17FN2O2/c1-15(2,3)17-14(20)11-8-18(4)12-6-5-9(16)7-10(12)13(11)19/h5-8H,1-4H3,(H,17,20). The topological polar surface area (TPSA) is 51.1 Å². The molecule has 5 heteroatoms. The molecule has 0 saturated carbocycles. The molecule has 4 nitrogen and oxygen atoms in total. The number of carbonyl (C=O) groups excluding carboxylic acids is 1. The molecule has 1 aromatic carbocycles. The zero-order valence-electron chi connectivity index (χ0n) is 12.0. The second-order valence-electron chi connectivity index (χ2n) is 5.85. The van der Waals surface area contributed by atoms with Crippen LogP contribution in [0.15, 0.2) is 29.2 Å². The Bertz CT molecular complexity index is 742. The van der Waals surface area contributed by atoms with Crippen molar-refractivity contribution in [1.82, 2.24) is 9.88 Å². The lowest BCUT2D eigenvalue weighted by atomic mass is 10.1. The Morgan fingerprint density at radius 3 is 2.55 bits per heavy atom. The third-order valence-electron chi connectivity index (χ3n) is 2.88. The Kier molecular flexibility index (Phi) is 3.38. The summed E-state index contributed by atoms with van der Waals surface area (Å²) in [6, 6.07) is 3.97. The average molecular weight is 276 g/mol. The first-order valence-corrected chi connectivity index (χ1v) is 6.30. The second kappa shape index (κ2) is 4.74. The first-order chi connectivity index (χ1) is 9.19. The fraction of sp³-hybridized carbons (Fsp3) is 0.333. The van der Waals surface area contributed by atoms with Gasteiger partial charge in [-0.25, -0.2) is 4.39 Å². The zero-order chi connectivity index (χ0) is 15.1. The van der Waals surface area contributed by atoms with E-state index in [9.17, 15) is 14.0 Å². The Hall–Kier alpha value is -2.17. The number of amides is 1. The predicted molar refractivity (Wildman–Crippen MR) is 76.4 cm³/mol. The van der Waals surface area contributed by atoms with Crippen LogP contribution in [0.3, 0.4) is 0 Å². The molecule has 0 fully saturated rings. The molecular formula is C15H17FN2O2. The van der Waals surface area contributed by atoms with Crippen molar-refractivity contribution < 1.29 is 9.18 Å². The third-order valence-corrected chi connectivity index (χ3v) is 2.88. The summed E-state index contributed by atoms with van der Waals surface area (Å²) in [6.45, 7) is 5.49. The Morgan fingerprint density at radius 2 is 1.95 bits per heavy atom. The van der Waals surface area contributed by atoms with Crippen LogP contribution in [0.2, 0.25) is 0 Å². The van der Waals surface area contributed by atoms with Crippen LogP contribution in [-0.4, -0.2) is 16.0 Å². The SMILES string of the molecule is Cn1cc(C(=O)NC(C)(C)C)c(=O)c2cc(F)ccc21. The number of hydrogen-bond acceptors (Lipinski definition) is 2. The largest absolute Gasteiger partial charge is 0.350 e. The van der Waals surface area contributed by atoms with Gasteiger partial charge in [-0.2, -0.15) is 0 Å². The normalized spacial score (nSPS) is 11.7. The highest BCUT2D eigenvalue weighted by molar-refractivity contribution is 5.97. The van der Waals surface area contributed by atoms with Crippen LogP contribution in [0.1, 0.15) is 31.1 Å². The molecule has 2 rings (SSSR count). The molecule has 0 unspecified atom stereocenters. The minimum absolute atomic E-state index is 0.0144. The number of hydrogen-bond donors (Lipinski definition) is 1. The predicted octanol–water partition coefficient (Wildman–Crippen LogP) is 2.21. The van der Waals surface area contributed by atoms with Crippen molar-refractivity contribution in [2.45, 2.75) is 26.3 Å². The van der Waals surface area contributed by atoms with Crippen LogP contribution in [0.25, 0.3) is 10.9 Å². The molecule has 20 heavy (non-hydrogen) atoms. The van der Waals surface area contributed by atoms with Crippen molar-refractivity contribution in [2.24, 2.45) is 7.05 Å². The molecule has 0 aliphatic heterocycles. The molecule has 2 aromatic rings. The highest BCUT2D eigenvalue weighted by atomic mass is 19.1. The Balaban J connectivity index is 2.64. The number of carbonyl (C=O) groups is 1. The minimum Gasteiger partial charge on any atom is -0.350 e. The average Bonchev–Trinajstić information content (AvgIpc) is 2.31. The van der Waals surface area contributed by atoms with Crippen molar-refractivity contribution in [1.29, 1.82) is 0 Å². The van der Waals surface area contributed by atoms with E-state index in [-0.39, 0.29) is 10.9 Å². The fourth-order valence-electron chi connectivity index (χ4n) is 2.03. The summed E-state index contributed by atoms with van der Waals surface area (Å²) >= 11 is 0. The van der Waals surface area contributed by atoms with E-state index in [0.717, 1.165) is 6.07 Å². The van der Waals surface area contributed by atoms with Crippen molar-refractivity contribution in [3.63, 3.8) is 0 Å². The molecule has 0 saturated heterocycles. The molecule has 1 amide bonds. The smallest absolute Gasteiger partial charge is 0.257 e. The van der Waals surface area contributed by atoms with Gasteiger partial charge in [-0.1, -0.05) is 0 Å². The molecule has 106 valence electrons. The number of rotatable bonds is 1. The Morgan fingerprint density at radius 1 is 1.30 bits per heavy atom. The van der Waals surface area contributed by atoms with Crippen LogP contribution in [0, 0.1) is 5.82 Å². The molecule has 1 N–H and O–H groups in total. The minimum atomic E-state index is -0.497. The summed E-state index contributed by atoms with van der Waals surface area (Å²) in [7, 11) is 1.72. The Labute approximate surface area is 116 Å². The maximum atomic E-state index is 13.3. The van der Waals surface area contributed by atoms with Crippen molar-refractivity contribution >= 4 is 16.8 Å². The van der Waals surface area contributed by atoms with E-state index < -0.39 is 22.7 Å². The van der Waals surface area contributed by atoms with Crippen LogP contribution >= 0.6 is 0 Å². The van der Waals surface area contributed by atoms with E-state index in [1.54, 1.807) is 11.6 Å². The summed E-state index contributed by atoms with van der Waals surface area (Å²) < 4.78 is 15.0. The van der Waals surface area contributed by atoms with Gasteiger partial charge in [-0.05, 0) is 39.0 Å². The van der Waals surface area contributed by atoms with Gasteiger partial charge in [-0.3, -0.25) is 9.59 Å². The first kappa shape index (κ1) is 14.2. The summed E-state index contributed by atoms with van der Waals surface area (Å²) in [5.74, 6) is -0.952. The molecule has 0 radical (unpaired) electrons. The number of pyridine rings is 1. The van der Waals surface area contributed by atoms with E-state index in [1.165, 1.54) is 18.3 Å². The lowest BCUT2D eigenvalue weighted by molar-refractivity contribution is 0.0918. The van der Waals surface area contributed by atoms with Crippen LogP contribution in [0.4, 0.5) is 4.39 Å². The van der Waals surface area contributed by atoms with E-state index in [2.05, 4.69) is 5.32 Å². The van der Waals surface area contributed by atoms with Crippen molar-refractivity contribution in [2.75, 3.05) is 0 Å². The van der Waals surface area contributed by atoms with Crippen LogP contribution < -0.4 is 10.7 Å². The van der Waals surface area contributed by atoms with E-state index in [4.69, 9.17) is 0 Å². The molecule has 0 aliphatic carbocycles. The number of nitrogens with zero attached hydrogens (tertiary/aromatic N) is 1. The van der Waals surface area contributed by atoms with Crippen LogP contribution in [0.5, 0.6) is 0 Å². The number of fused-ring (bicyclic) bond motifs is 1. The zero-order valence-corrected chi connectivity index (χ0v) is 12.0. The second-order valence-corrected chi connectivity index (χ2v) is 5.85. The van der Waals surface area contributed by atoms with E-state index in [0.29, 0.717) is 5.52 Å². The van der Waals surface area contributed by atoms with Gasteiger partial charge < -0.3 is 9.88 Å². The maximum Gasteiger partial charge on any atom is 0.257 e. The van der Waals surface area contributed by atoms with E-state index in [1.807, 2.05) is 20.8 Å². The first-order valence-electron chi connectivity index (χ1n) is 6.30. The summed E-state index contributed by atoms with van der Waals surface area (Å²) in [5.41, 5.74) is -0.303. The summed E-state index contributed by atoms with van der Waals surface area (Å²) in [4.78, 5) is 24.5. The summed E-state index contributed by atoms with van der Waals surface area (Å²) in [5, 5.41) is 2.94. The van der Waals surface area contributed by atoms with Gasteiger partial charge in [-0.15, -0.1) is 0 Å². The van der Waals surface area contributed by atoms with Crippen LogP contribution in [-0.2, 0) is 7.05 Å². The van der Waals surface area contributed by atoms with Gasteiger partial charge >= 0.3 is 0 Å². The number of aromatic nitrogens is 1. The molecule has 1 heterocycles. The highest BCUT2D eigenvalue weighted by Gasteiger charge is 2.19. The van der Waals surface area contributed by atoms with Crippen molar-refractivity contribution in [3.05, 3.63) is 46.0 Å². The van der Waals surface area contributed by atoms with Gasteiger partial charge in [0.1, 0.15) is 11.4 Å². The number of halogens is 1. The van der Waals surface area contributed by atoms with Gasteiger partial charge in [0.2, 0.25) is 5.43 Å². The number of benzene rings is 1. The van der Waals surface area contributed by atoms with Gasteiger partial charge in [0.15, 0.2) is 0 Å². The monoisotopic (exact) mass is 276 g/mol. The molecule has 0 spiro atoms. The highest BCUT2D eigenvalue weighted by Crippen LogP contribution is 2.13. The third kappa shape index (κ3) is 2.71. The van der Waals surface area contributed by atoms with Gasteiger partial charge in [0.25, 0.3) is 5.91 Å². The fourth-order valence-corrected chi connectivity index (χ4v) is 2.03. The maximum absolute atomic E-state index is 13.3. The molecule has 0 bridgehead atoms.